The van der Waals surface area contributed by atoms with E-state index in [1.54, 1.807) is 39.9 Å². The van der Waals surface area contributed by atoms with Gasteiger partial charge in [0.2, 0.25) is 0 Å². The molecular formula is C29H28FN7O2. The van der Waals surface area contributed by atoms with Crippen LogP contribution in [0, 0.1) is 23.1 Å². The van der Waals surface area contributed by atoms with Crippen LogP contribution in [0.4, 0.5) is 10.2 Å². The van der Waals surface area contributed by atoms with Crippen molar-refractivity contribution in [3.05, 3.63) is 72.3 Å². The minimum atomic E-state index is -0.531. The SMILES string of the molecule is CC(C)/C=C(\C#N)C(=O)N1CCC[C@H](n2nc(-c3ccc(Oc4ccccc4)cc3F)c3c(N)ncnc32)C1. The molecule has 1 amide bonds. The number of fused-ring (bicyclic) bond motifs is 1. The molecule has 4 aromatic rings. The van der Waals surface area contributed by atoms with Crippen LogP contribution in [0.15, 0.2) is 66.5 Å². The van der Waals surface area contributed by atoms with Gasteiger partial charge in [-0.15, -0.1) is 0 Å². The van der Waals surface area contributed by atoms with Gasteiger partial charge in [-0.25, -0.2) is 19.0 Å². The highest BCUT2D eigenvalue weighted by Gasteiger charge is 2.30. The Morgan fingerprint density at radius 1 is 1.21 bits per heavy atom. The number of hydrogen-bond acceptors (Lipinski definition) is 7. The van der Waals surface area contributed by atoms with Gasteiger partial charge in [-0.3, -0.25) is 4.79 Å². The van der Waals surface area contributed by atoms with Crippen LogP contribution in [0.25, 0.3) is 22.3 Å². The maximum atomic E-state index is 15.4. The van der Waals surface area contributed by atoms with Crippen molar-refractivity contribution in [1.82, 2.24) is 24.6 Å². The summed E-state index contributed by atoms with van der Waals surface area (Å²) in [5.74, 6) is 0.357. The van der Waals surface area contributed by atoms with Crippen LogP contribution in [0.3, 0.4) is 0 Å². The van der Waals surface area contributed by atoms with Crippen molar-refractivity contribution in [2.45, 2.75) is 32.7 Å². The third-order valence-corrected chi connectivity index (χ3v) is 6.57. The fraction of sp³-hybridized carbons (Fsp3) is 0.276. The maximum absolute atomic E-state index is 15.4. The predicted octanol–water partition coefficient (Wildman–Crippen LogP) is 5.28. The largest absolute Gasteiger partial charge is 0.457 e. The van der Waals surface area contributed by atoms with E-state index in [-0.39, 0.29) is 34.8 Å². The number of benzene rings is 2. The molecule has 39 heavy (non-hydrogen) atoms. The fourth-order valence-electron chi connectivity index (χ4n) is 4.81. The van der Waals surface area contributed by atoms with Crippen LogP contribution in [0.5, 0.6) is 11.5 Å². The number of aromatic nitrogens is 4. The summed E-state index contributed by atoms with van der Waals surface area (Å²) in [5, 5.41) is 14.7. The fourth-order valence-corrected chi connectivity index (χ4v) is 4.81. The molecule has 9 nitrogen and oxygen atoms in total. The van der Waals surface area contributed by atoms with E-state index in [1.165, 1.54) is 12.4 Å². The first-order valence-corrected chi connectivity index (χ1v) is 12.8. The molecule has 0 unspecified atom stereocenters. The molecule has 198 valence electrons. The van der Waals surface area contributed by atoms with Gasteiger partial charge in [0, 0.05) is 24.7 Å². The number of anilines is 1. The molecule has 10 heteroatoms. The second kappa shape index (κ2) is 10.9. The van der Waals surface area contributed by atoms with Gasteiger partial charge in [-0.05, 0) is 43.0 Å². The third-order valence-electron chi connectivity index (χ3n) is 6.57. The number of nitriles is 1. The molecule has 5 rings (SSSR count). The van der Waals surface area contributed by atoms with Gasteiger partial charge in [-0.2, -0.15) is 10.4 Å². The number of allylic oxidation sites excluding steroid dienone is 1. The zero-order chi connectivity index (χ0) is 27.5. The summed E-state index contributed by atoms with van der Waals surface area (Å²) in [5.41, 5.74) is 7.37. The molecule has 1 fully saturated rings. The van der Waals surface area contributed by atoms with Crippen molar-refractivity contribution in [2.75, 3.05) is 18.8 Å². The molecule has 0 radical (unpaired) electrons. The van der Waals surface area contributed by atoms with Crippen molar-refractivity contribution in [2.24, 2.45) is 5.92 Å². The maximum Gasteiger partial charge on any atom is 0.264 e. The molecule has 3 heterocycles. The summed E-state index contributed by atoms with van der Waals surface area (Å²) in [6.45, 7) is 4.71. The van der Waals surface area contributed by atoms with Crippen LogP contribution in [0.1, 0.15) is 32.7 Å². The van der Waals surface area contributed by atoms with E-state index in [9.17, 15) is 10.1 Å². The number of rotatable bonds is 6. The Bertz CT molecular complexity index is 1590. The van der Waals surface area contributed by atoms with Gasteiger partial charge in [0.05, 0.1) is 11.4 Å². The third kappa shape index (κ3) is 5.29. The monoisotopic (exact) mass is 525 g/mol. The highest BCUT2D eigenvalue weighted by Crippen LogP contribution is 2.36. The summed E-state index contributed by atoms with van der Waals surface area (Å²) in [4.78, 5) is 23.3. The van der Waals surface area contributed by atoms with E-state index in [1.807, 2.05) is 38.1 Å². The number of ether oxygens (including phenoxy) is 1. The molecule has 1 aliphatic rings. The topological polar surface area (TPSA) is 123 Å². The molecule has 1 atom stereocenters. The molecule has 2 N–H and O–H groups in total. The van der Waals surface area contributed by atoms with E-state index >= 15 is 4.39 Å². The molecule has 2 aromatic heterocycles. The number of amides is 1. The predicted molar refractivity (Wildman–Crippen MR) is 145 cm³/mol. The summed E-state index contributed by atoms with van der Waals surface area (Å²) < 4.78 is 22.9. The van der Waals surface area contributed by atoms with E-state index in [2.05, 4.69) is 9.97 Å². The molecule has 0 spiro atoms. The van der Waals surface area contributed by atoms with Crippen molar-refractivity contribution in [3.63, 3.8) is 0 Å². The lowest BCUT2D eigenvalue weighted by atomic mass is 10.0. The Labute approximate surface area is 225 Å². The number of carbonyl (C=O) groups excluding carboxylic acids is 1. The van der Waals surface area contributed by atoms with Gasteiger partial charge < -0.3 is 15.4 Å². The Balaban J connectivity index is 1.49. The smallest absolute Gasteiger partial charge is 0.264 e. The Hall–Kier alpha value is -4.78. The minimum absolute atomic E-state index is 0.0702. The molecule has 2 aromatic carbocycles. The second-order valence-electron chi connectivity index (χ2n) is 9.79. The first-order valence-electron chi connectivity index (χ1n) is 12.8. The van der Waals surface area contributed by atoms with Gasteiger partial charge in [-0.1, -0.05) is 38.1 Å². The van der Waals surface area contributed by atoms with E-state index in [0.717, 1.165) is 6.42 Å². The molecule has 1 saturated heterocycles. The summed E-state index contributed by atoms with van der Waals surface area (Å²) in [6.07, 6.45) is 4.47. The number of piperidine rings is 1. The number of carbonyl (C=O) groups is 1. The number of nitrogens with zero attached hydrogens (tertiary/aromatic N) is 6. The number of nitrogens with two attached hydrogens (primary N) is 1. The van der Waals surface area contributed by atoms with Gasteiger partial charge in [0.15, 0.2) is 5.65 Å². The summed E-state index contributed by atoms with van der Waals surface area (Å²) in [6, 6.07) is 15.5. The lowest BCUT2D eigenvalue weighted by molar-refractivity contribution is -0.128. The quantitative estimate of drug-likeness (QED) is 0.268. The summed E-state index contributed by atoms with van der Waals surface area (Å²) in [7, 11) is 0. The first-order chi connectivity index (χ1) is 18.9. The van der Waals surface area contributed by atoms with E-state index < -0.39 is 5.82 Å². The van der Waals surface area contributed by atoms with Crippen LogP contribution in [-0.4, -0.2) is 43.6 Å². The van der Waals surface area contributed by atoms with Crippen molar-refractivity contribution in [1.29, 1.82) is 5.26 Å². The van der Waals surface area contributed by atoms with E-state index in [4.69, 9.17) is 15.6 Å². The Morgan fingerprint density at radius 3 is 2.72 bits per heavy atom. The molecule has 0 saturated carbocycles. The normalized spacial score (nSPS) is 15.9. The lowest BCUT2D eigenvalue weighted by Crippen LogP contribution is -2.41. The van der Waals surface area contributed by atoms with Gasteiger partial charge in [0.25, 0.3) is 5.91 Å². The minimum Gasteiger partial charge on any atom is -0.457 e. The van der Waals surface area contributed by atoms with Gasteiger partial charge >= 0.3 is 0 Å². The zero-order valence-corrected chi connectivity index (χ0v) is 21.7. The van der Waals surface area contributed by atoms with E-state index in [0.29, 0.717) is 47.7 Å². The molecule has 1 aliphatic heterocycles. The first kappa shape index (κ1) is 25.9. The summed E-state index contributed by atoms with van der Waals surface area (Å²) >= 11 is 0. The molecule has 0 bridgehead atoms. The Morgan fingerprint density at radius 2 is 2.00 bits per heavy atom. The van der Waals surface area contributed by atoms with Crippen molar-refractivity contribution in [3.8, 4) is 28.8 Å². The second-order valence-corrected chi connectivity index (χ2v) is 9.79. The lowest BCUT2D eigenvalue weighted by Gasteiger charge is -2.33. The van der Waals surface area contributed by atoms with Crippen LogP contribution in [-0.2, 0) is 4.79 Å². The number of likely N-dealkylation sites (tertiary alicyclic amines) is 1. The standard InChI is InChI=1S/C29H28FN7O2/c1-18(2)13-19(15-31)29(38)36-12-6-7-20(16-36)37-28-25(27(32)33-17-34-28)26(35-37)23-11-10-22(14-24(23)30)39-21-8-4-3-5-9-21/h3-5,8-11,13-14,17-18,20H,6-7,12,16H2,1-2H3,(H2,32,33,34)/b19-13+/t20-/m0/s1. The van der Waals surface area contributed by atoms with Crippen LogP contribution in [0.2, 0.25) is 0 Å². The average molecular weight is 526 g/mol. The average Bonchev–Trinajstić information content (AvgIpc) is 3.33. The number of halogens is 1. The van der Waals surface area contributed by atoms with Crippen LogP contribution >= 0.6 is 0 Å². The van der Waals surface area contributed by atoms with Crippen molar-refractivity contribution >= 4 is 22.8 Å². The molecule has 0 aliphatic carbocycles. The number of para-hydroxylation sites is 1. The number of hydrogen-bond donors (Lipinski definition) is 1. The van der Waals surface area contributed by atoms with Gasteiger partial charge in [0.1, 0.15) is 46.8 Å². The zero-order valence-electron chi connectivity index (χ0n) is 21.7. The number of nitrogen functional groups attached to an aromatic ring is 1. The highest BCUT2D eigenvalue weighted by atomic mass is 19.1. The highest BCUT2D eigenvalue weighted by molar-refractivity contribution is 5.99. The Kier molecular flexibility index (Phi) is 7.23. The molecular weight excluding hydrogens is 497 g/mol. The van der Waals surface area contributed by atoms with Crippen LogP contribution < -0.4 is 10.5 Å². The van der Waals surface area contributed by atoms with Crippen molar-refractivity contribution < 1.29 is 13.9 Å².